The molecule has 0 saturated carbocycles. The third kappa shape index (κ3) is 3.22. The van der Waals surface area contributed by atoms with Gasteiger partial charge in [-0.15, -0.1) is 0 Å². The van der Waals surface area contributed by atoms with Crippen molar-refractivity contribution in [2.75, 3.05) is 11.9 Å². The molecule has 1 fully saturated rings. The van der Waals surface area contributed by atoms with Crippen LogP contribution in [0.1, 0.15) is 32.3 Å². The summed E-state index contributed by atoms with van der Waals surface area (Å²) in [4.78, 5) is 0. The molecule has 1 heterocycles. The molecule has 1 saturated heterocycles. The van der Waals surface area contributed by atoms with Crippen LogP contribution in [0.2, 0.25) is 0 Å². The maximum atomic E-state index is 5.80. The minimum atomic E-state index is 0.408. The summed E-state index contributed by atoms with van der Waals surface area (Å²) in [5, 5.41) is 3.65. The highest BCUT2D eigenvalue weighted by Crippen LogP contribution is 2.24. The van der Waals surface area contributed by atoms with Crippen molar-refractivity contribution in [3.8, 4) is 0 Å². The number of aryl methyl sites for hydroxylation is 1. The van der Waals surface area contributed by atoms with Gasteiger partial charge in [0.2, 0.25) is 0 Å². The fourth-order valence-corrected chi connectivity index (χ4v) is 2.38. The number of hydrogen-bond donors (Lipinski definition) is 1. The van der Waals surface area contributed by atoms with Gasteiger partial charge in [-0.2, -0.15) is 0 Å². The summed E-state index contributed by atoms with van der Waals surface area (Å²) >= 11 is 0. The van der Waals surface area contributed by atoms with Crippen LogP contribution in [0.4, 0.5) is 5.69 Å². The van der Waals surface area contributed by atoms with E-state index in [1.165, 1.54) is 11.3 Å². The van der Waals surface area contributed by atoms with E-state index in [0.717, 1.165) is 19.4 Å². The number of nitrogens with one attached hydrogen (secondary N) is 1. The Bertz CT molecular complexity index is 362. The molecule has 1 aliphatic rings. The van der Waals surface area contributed by atoms with E-state index in [2.05, 4.69) is 50.4 Å². The second-order valence-corrected chi connectivity index (χ2v) is 5.33. The molecule has 1 aliphatic heterocycles. The van der Waals surface area contributed by atoms with Gasteiger partial charge in [-0.25, -0.2) is 0 Å². The number of anilines is 1. The fraction of sp³-hybridized carbons (Fsp3) is 0.600. The van der Waals surface area contributed by atoms with Crippen molar-refractivity contribution in [1.29, 1.82) is 0 Å². The largest absolute Gasteiger partial charge is 0.382 e. The summed E-state index contributed by atoms with van der Waals surface area (Å²) in [7, 11) is 0. The molecule has 2 heteroatoms. The molecular formula is C15H23NO. The predicted octanol–water partition coefficient (Wildman–Crippen LogP) is 3.61. The van der Waals surface area contributed by atoms with Crippen molar-refractivity contribution in [1.82, 2.24) is 0 Å². The molecule has 2 unspecified atom stereocenters. The second-order valence-electron chi connectivity index (χ2n) is 5.33. The van der Waals surface area contributed by atoms with Gasteiger partial charge < -0.3 is 10.1 Å². The lowest BCUT2D eigenvalue weighted by atomic mass is 9.95. The molecular weight excluding hydrogens is 210 g/mol. The highest BCUT2D eigenvalue weighted by Gasteiger charge is 2.24. The van der Waals surface area contributed by atoms with Crippen LogP contribution in [0, 0.1) is 12.8 Å². The molecule has 1 N–H and O–H groups in total. The van der Waals surface area contributed by atoms with E-state index < -0.39 is 0 Å². The number of ether oxygens (including phenoxy) is 1. The third-order valence-corrected chi connectivity index (χ3v) is 3.56. The fourth-order valence-electron chi connectivity index (χ4n) is 2.38. The van der Waals surface area contributed by atoms with Crippen LogP contribution in [0.15, 0.2) is 24.3 Å². The molecule has 0 aliphatic carbocycles. The maximum Gasteiger partial charge on any atom is 0.0617 e. The van der Waals surface area contributed by atoms with E-state index >= 15 is 0 Å². The molecule has 1 aromatic rings. The van der Waals surface area contributed by atoms with Gasteiger partial charge >= 0.3 is 0 Å². The van der Waals surface area contributed by atoms with Gasteiger partial charge in [0.15, 0.2) is 0 Å². The Morgan fingerprint density at radius 3 is 2.76 bits per heavy atom. The normalized spacial score (nSPS) is 24.9. The zero-order valence-corrected chi connectivity index (χ0v) is 11.1. The van der Waals surface area contributed by atoms with Crippen LogP contribution in [-0.2, 0) is 4.74 Å². The lowest BCUT2D eigenvalue weighted by molar-refractivity contribution is -0.0160. The molecule has 0 aromatic heterocycles. The summed E-state index contributed by atoms with van der Waals surface area (Å²) in [6.07, 6.45) is 2.63. The average molecular weight is 233 g/mol. The predicted molar refractivity (Wildman–Crippen MR) is 72.4 cm³/mol. The van der Waals surface area contributed by atoms with Crippen molar-refractivity contribution >= 4 is 5.69 Å². The second kappa shape index (κ2) is 5.54. The van der Waals surface area contributed by atoms with Crippen LogP contribution < -0.4 is 5.32 Å². The first kappa shape index (κ1) is 12.4. The van der Waals surface area contributed by atoms with Crippen LogP contribution in [0.25, 0.3) is 0 Å². The summed E-state index contributed by atoms with van der Waals surface area (Å²) in [5.41, 5.74) is 2.59. The van der Waals surface area contributed by atoms with Crippen LogP contribution in [0.3, 0.4) is 0 Å². The quantitative estimate of drug-likeness (QED) is 0.861. The topological polar surface area (TPSA) is 21.3 Å². The molecule has 2 rings (SSSR count). The molecule has 0 amide bonds. The summed E-state index contributed by atoms with van der Waals surface area (Å²) < 4.78 is 5.80. The van der Waals surface area contributed by atoms with E-state index in [1.54, 1.807) is 0 Å². The van der Waals surface area contributed by atoms with Crippen molar-refractivity contribution in [3.05, 3.63) is 29.8 Å². The van der Waals surface area contributed by atoms with Gasteiger partial charge in [0, 0.05) is 18.3 Å². The minimum Gasteiger partial charge on any atom is -0.382 e. The van der Waals surface area contributed by atoms with Crippen molar-refractivity contribution in [2.24, 2.45) is 5.92 Å². The molecule has 0 bridgehead atoms. The molecule has 2 nitrogen and oxygen atoms in total. The summed E-state index contributed by atoms with van der Waals surface area (Å²) in [6, 6.07) is 9.05. The molecule has 0 radical (unpaired) electrons. The first-order chi connectivity index (χ1) is 8.16. The Labute approximate surface area is 104 Å². The monoisotopic (exact) mass is 233 g/mol. The number of benzene rings is 1. The zero-order valence-electron chi connectivity index (χ0n) is 11.1. The van der Waals surface area contributed by atoms with Crippen LogP contribution in [-0.4, -0.2) is 18.8 Å². The van der Waals surface area contributed by atoms with Crippen molar-refractivity contribution in [2.45, 2.75) is 45.8 Å². The van der Waals surface area contributed by atoms with E-state index in [-0.39, 0.29) is 0 Å². The van der Waals surface area contributed by atoms with Gasteiger partial charge in [-0.1, -0.05) is 32.0 Å². The summed E-state index contributed by atoms with van der Waals surface area (Å²) in [6.45, 7) is 7.51. The van der Waals surface area contributed by atoms with Gasteiger partial charge in [0.1, 0.15) is 0 Å². The number of para-hydroxylation sites is 1. The number of hydrogen-bond acceptors (Lipinski definition) is 2. The molecule has 0 spiro atoms. The molecule has 17 heavy (non-hydrogen) atoms. The molecule has 2 atom stereocenters. The molecule has 1 aromatic carbocycles. The van der Waals surface area contributed by atoms with Gasteiger partial charge in [0.05, 0.1) is 6.10 Å². The standard InChI is InChI=1S/C15H23NO/c1-11(2)15-10-13(8-9-17-15)16-14-7-5-4-6-12(14)3/h4-7,11,13,15-16H,8-10H2,1-3H3. The van der Waals surface area contributed by atoms with E-state index in [4.69, 9.17) is 4.74 Å². The number of rotatable bonds is 3. The third-order valence-electron chi connectivity index (χ3n) is 3.56. The maximum absolute atomic E-state index is 5.80. The van der Waals surface area contributed by atoms with E-state index in [0.29, 0.717) is 18.1 Å². The smallest absolute Gasteiger partial charge is 0.0617 e. The zero-order chi connectivity index (χ0) is 12.3. The first-order valence-electron chi connectivity index (χ1n) is 6.60. The lowest BCUT2D eigenvalue weighted by Crippen LogP contribution is -2.36. The lowest BCUT2D eigenvalue weighted by Gasteiger charge is -2.33. The van der Waals surface area contributed by atoms with Gasteiger partial charge in [-0.3, -0.25) is 0 Å². The Kier molecular flexibility index (Phi) is 4.06. The van der Waals surface area contributed by atoms with Gasteiger partial charge in [-0.05, 0) is 37.3 Å². The van der Waals surface area contributed by atoms with Gasteiger partial charge in [0.25, 0.3) is 0 Å². The Balaban J connectivity index is 1.97. The Morgan fingerprint density at radius 2 is 2.06 bits per heavy atom. The SMILES string of the molecule is Cc1ccccc1NC1CCOC(C(C)C)C1. The average Bonchev–Trinajstić information content (AvgIpc) is 2.32. The highest BCUT2D eigenvalue weighted by molar-refractivity contribution is 5.50. The van der Waals surface area contributed by atoms with Crippen LogP contribution in [0.5, 0.6) is 0 Å². The van der Waals surface area contributed by atoms with E-state index in [1.807, 2.05) is 0 Å². The van der Waals surface area contributed by atoms with Crippen molar-refractivity contribution < 1.29 is 4.74 Å². The Hall–Kier alpha value is -1.02. The molecule has 94 valence electrons. The minimum absolute atomic E-state index is 0.408. The first-order valence-corrected chi connectivity index (χ1v) is 6.60. The Morgan fingerprint density at radius 1 is 1.29 bits per heavy atom. The van der Waals surface area contributed by atoms with Crippen molar-refractivity contribution in [3.63, 3.8) is 0 Å². The van der Waals surface area contributed by atoms with Crippen LogP contribution >= 0.6 is 0 Å². The van der Waals surface area contributed by atoms with E-state index in [9.17, 15) is 0 Å². The highest BCUT2D eigenvalue weighted by atomic mass is 16.5. The summed E-state index contributed by atoms with van der Waals surface area (Å²) in [5.74, 6) is 0.608.